The van der Waals surface area contributed by atoms with Gasteiger partial charge in [0.05, 0.1) is 31.8 Å². The van der Waals surface area contributed by atoms with Crippen LogP contribution in [0.3, 0.4) is 0 Å². The van der Waals surface area contributed by atoms with E-state index in [0.29, 0.717) is 12.8 Å². The molecule has 17 amide bonds. The number of nitrogens with two attached hydrogens (primary N) is 11. The molecule has 0 aliphatic carbocycles. The third-order valence-corrected chi connectivity index (χ3v) is 15.3. The Hall–Kier alpha value is -12.1. The van der Waals surface area contributed by atoms with Crippen LogP contribution in [-0.2, 0) is 95.9 Å². The predicted octanol–water partition coefficient (Wildman–Crippen LogP) is -13.0. The number of carbonyl (C=O) groups excluding carboxylic acids is 17. The molecule has 0 spiro atoms. The zero-order valence-corrected chi connectivity index (χ0v) is 60.5. The van der Waals surface area contributed by atoms with E-state index in [2.05, 4.69) is 73.8 Å². The Balaban J connectivity index is 6.95. The highest BCUT2D eigenvalue weighted by Gasteiger charge is 2.37. The Labute approximate surface area is 623 Å². The molecule has 0 radical (unpaired) electrons. The molecule has 0 aromatic rings. The molecule has 0 rings (SSSR count). The number of carboxylic acids is 3. The van der Waals surface area contributed by atoms with Crippen molar-refractivity contribution >= 4 is 130 Å². The fraction of sp³-hybridized carbons (Fsp3) is 0.639. The summed E-state index contributed by atoms with van der Waals surface area (Å²) in [6.45, 7) is 3.45. The molecule has 37 N–H and O–H groups in total. The smallest absolute Gasteiger partial charge is 0.326 e. The van der Waals surface area contributed by atoms with Gasteiger partial charge in [-0.25, -0.2) is 4.79 Å². The summed E-state index contributed by atoms with van der Waals surface area (Å²) in [5.41, 5.74) is 59.5. The highest BCUT2D eigenvalue weighted by molar-refractivity contribution is 6.01. The second-order valence-corrected chi connectivity index (χ2v) is 25.3. The number of primary amides is 5. The lowest BCUT2D eigenvalue weighted by Gasteiger charge is -2.27. The van der Waals surface area contributed by atoms with Crippen molar-refractivity contribution in [3.05, 3.63) is 0 Å². The molecule has 0 fully saturated rings. The summed E-state index contributed by atoms with van der Waals surface area (Å²) in [5.74, 6) is -25.3. The van der Waals surface area contributed by atoms with Gasteiger partial charge in [0.15, 0.2) is 11.9 Å². The van der Waals surface area contributed by atoms with Crippen LogP contribution < -0.4 is 127 Å². The van der Waals surface area contributed by atoms with Crippen LogP contribution in [0, 0.1) is 5.92 Å². The fourth-order valence-corrected chi connectivity index (χ4v) is 9.71. The number of aliphatic imine (C=N–C) groups is 2. The van der Waals surface area contributed by atoms with Crippen molar-refractivity contribution in [3.8, 4) is 0 Å². The molecule has 0 bridgehead atoms. The summed E-state index contributed by atoms with van der Waals surface area (Å²) >= 11 is 0. The number of hydrogen-bond donors (Lipinski definition) is 26. The summed E-state index contributed by atoms with van der Waals surface area (Å²) < 4.78 is 0. The molecule has 0 aliphatic heterocycles. The minimum absolute atomic E-state index is 0.0300. The number of nitrogens with one attached hydrogen (secondary N) is 12. The second kappa shape index (κ2) is 51.2. The number of aliphatic carboxylic acids is 3. The number of hydrogen-bond acceptors (Lipinski definition) is 24. The average Bonchev–Trinajstić information content (AvgIpc) is 0.863. The molecule has 0 aromatic heterocycles. The lowest BCUT2D eigenvalue weighted by molar-refractivity contribution is -0.143. The van der Waals surface area contributed by atoms with Crippen molar-refractivity contribution in [2.75, 3.05) is 26.2 Å². The van der Waals surface area contributed by atoms with Crippen LogP contribution in [0.5, 0.6) is 0 Å². The summed E-state index contributed by atoms with van der Waals surface area (Å²) in [6.07, 6.45) is -8.49. The Morgan fingerprint density at radius 3 is 0.972 bits per heavy atom. The number of rotatable bonds is 57. The maximum Gasteiger partial charge on any atom is 0.326 e. The Bertz CT molecular complexity index is 3290. The van der Waals surface area contributed by atoms with Gasteiger partial charge in [-0.2, -0.15) is 0 Å². The second-order valence-electron chi connectivity index (χ2n) is 25.3. The molecule has 612 valence electrons. The first-order valence-electron chi connectivity index (χ1n) is 34.1. The summed E-state index contributed by atoms with van der Waals surface area (Å²) in [4.78, 5) is 268. The van der Waals surface area contributed by atoms with Gasteiger partial charge in [0.1, 0.15) is 66.5 Å². The fourth-order valence-electron chi connectivity index (χ4n) is 9.71. The molecule has 0 heterocycles. The molecule has 12 atom stereocenters. The van der Waals surface area contributed by atoms with Crippen LogP contribution in [0.1, 0.15) is 143 Å². The van der Waals surface area contributed by atoms with Gasteiger partial charge < -0.3 is 142 Å². The van der Waals surface area contributed by atoms with E-state index in [1.165, 1.54) is 0 Å². The van der Waals surface area contributed by atoms with Crippen LogP contribution in [0.25, 0.3) is 0 Å². The monoisotopic (exact) mass is 1560 g/mol. The van der Waals surface area contributed by atoms with Crippen molar-refractivity contribution in [2.24, 2.45) is 79.0 Å². The molecule has 48 nitrogen and oxygen atoms in total. The highest BCUT2D eigenvalue weighted by atomic mass is 16.4. The minimum atomic E-state index is -2.05. The minimum Gasteiger partial charge on any atom is -0.481 e. The Kier molecular flexibility index (Phi) is 45.5. The van der Waals surface area contributed by atoms with Gasteiger partial charge >= 0.3 is 17.9 Å². The van der Waals surface area contributed by atoms with Crippen LogP contribution in [0.2, 0.25) is 0 Å². The lowest BCUT2D eigenvalue weighted by Crippen LogP contribution is -2.60. The lowest BCUT2D eigenvalue weighted by atomic mass is 10.0. The summed E-state index contributed by atoms with van der Waals surface area (Å²) in [6, 6.07) is -20.9. The largest absolute Gasteiger partial charge is 0.481 e. The number of amides is 17. The highest BCUT2D eigenvalue weighted by Crippen LogP contribution is 2.13. The first kappa shape index (κ1) is 96.9. The maximum absolute atomic E-state index is 14.3. The standard InChI is InChI=1S/C61H105N25O23/c1-27(2)22-37(56(105)86-39(25-44(68)91)57(106)80-31(10-7-21-74-61(71)72)52(101)84-36(59(108)109)8-4-5-19-62)77-45(92)26-75-48(97)28(3)76-50(99)32(11-15-40(64)87)81-54(103)35(14-18-47(95)96)82-51(100)30(9-6-20-73-60(69)70)79-53(102)33(12-16-41(65)88)83-58(107)38(24-43(67)90)85-55(104)34(13-17-46(93)94)78-49(98)29(63)23-42(66)89/h27-39H,4-26,62-63H2,1-3H3,(H2,64,87)(H2,65,88)(H2,66,89)(H2,67,90)(H2,68,91)(H,75,97)(H,76,99)(H,77,92)(H,78,98)(H,79,102)(H,80,106)(H,81,103)(H,82,100)(H,83,107)(H,84,101)(H,85,104)(H,86,105)(H,93,94)(H,95,96)(H,108,109)(H4,69,70,73)(H4,71,72,74)/t28-,29-,30-,31-,32-,33-,34-,35-,36-,37-,38-,39-/m0/s1. The van der Waals surface area contributed by atoms with Crippen LogP contribution >= 0.6 is 0 Å². The van der Waals surface area contributed by atoms with Crippen molar-refractivity contribution in [2.45, 2.75) is 215 Å². The van der Waals surface area contributed by atoms with E-state index in [0.717, 1.165) is 6.92 Å². The Morgan fingerprint density at radius 2 is 0.642 bits per heavy atom. The van der Waals surface area contributed by atoms with Gasteiger partial charge in [-0.05, 0) is 96.4 Å². The SMILES string of the molecule is CC(C)C[C@H](NC(=O)CNC(=O)[C@H](C)NC(=O)[C@H](CCC(N)=O)NC(=O)[C@H](CCC(=O)O)NC(=O)[C@H](CCCN=C(N)N)NC(=O)[C@H](CCC(N)=O)NC(=O)[C@H](CC(N)=O)NC(=O)[C@H](CCC(=O)O)NC(=O)[C@@H](N)CC(N)=O)C(=O)N[C@@H](CC(N)=O)C(=O)N[C@@H](CCCN=C(N)N)C(=O)N[C@@H](CCCCN)C(=O)O. The van der Waals surface area contributed by atoms with Crippen molar-refractivity contribution in [3.63, 3.8) is 0 Å². The third-order valence-electron chi connectivity index (χ3n) is 15.3. The summed E-state index contributed by atoms with van der Waals surface area (Å²) in [5, 5.41) is 55.9. The average molecular weight is 1560 g/mol. The maximum atomic E-state index is 14.3. The molecule has 48 heteroatoms. The zero-order valence-electron chi connectivity index (χ0n) is 60.5. The van der Waals surface area contributed by atoms with Gasteiger partial charge in [0.25, 0.3) is 0 Å². The van der Waals surface area contributed by atoms with Crippen LogP contribution in [-0.4, -0.2) is 244 Å². The number of guanidine groups is 2. The van der Waals surface area contributed by atoms with Gasteiger partial charge in [0.2, 0.25) is 100 Å². The van der Waals surface area contributed by atoms with E-state index in [1.807, 2.05) is 0 Å². The van der Waals surface area contributed by atoms with E-state index < -0.39 is 280 Å². The van der Waals surface area contributed by atoms with E-state index in [9.17, 15) is 111 Å². The number of carboxylic acid groups (broad SMARTS) is 3. The quantitative estimate of drug-likeness (QED) is 0.0153. The van der Waals surface area contributed by atoms with Gasteiger partial charge in [-0.15, -0.1) is 0 Å². The number of nitrogens with zero attached hydrogens (tertiary/aromatic N) is 2. The van der Waals surface area contributed by atoms with Crippen molar-refractivity contribution < 1.29 is 111 Å². The number of unbranched alkanes of at least 4 members (excludes halogenated alkanes) is 1. The molecule has 0 saturated heterocycles. The van der Waals surface area contributed by atoms with Gasteiger partial charge in [0, 0.05) is 38.8 Å². The zero-order chi connectivity index (χ0) is 83.4. The molecule has 0 aromatic carbocycles. The van der Waals surface area contributed by atoms with E-state index >= 15 is 0 Å². The van der Waals surface area contributed by atoms with Crippen LogP contribution in [0.15, 0.2) is 9.98 Å². The molecular weight excluding hydrogens is 1450 g/mol. The first-order chi connectivity index (χ1) is 50.9. The van der Waals surface area contributed by atoms with Crippen molar-refractivity contribution in [1.82, 2.24) is 63.8 Å². The molecule has 109 heavy (non-hydrogen) atoms. The molecule has 0 saturated carbocycles. The van der Waals surface area contributed by atoms with E-state index in [1.54, 1.807) is 13.8 Å². The predicted molar refractivity (Wildman–Crippen MR) is 380 cm³/mol. The van der Waals surface area contributed by atoms with Gasteiger partial charge in [-0.3, -0.25) is 101 Å². The van der Waals surface area contributed by atoms with E-state index in [4.69, 9.17) is 63.1 Å². The topological polar surface area (TPSA) is 857 Å². The van der Waals surface area contributed by atoms with Crippen LogP contribution in [0.4, 0.5) is 0 Å². The van der Waals surface area contributed by atoms with Crippen molar-refractivity contribution in [1.29, 1.82) is 0 Å². The normalized spacial score (nSPS) is 14.1. The third kappa shape index (κ3) is 43.2. The van der Waals surface area contributed by atoms with Gasteiger partial charge in [-0.1, -0.05) is 13.8 Å². The first-order valence-corrected chi connectivity index (χ1v) is 34.1. The van der Waals surface area contributed by atoms with E-state index in [-0.39, 0.29) is 63.6 Å². The molecule has 0 unspecified atom stereocenters. The molecule has 0 aliphatic rings. The summed E-state index contributed by atoms with van der Waals surface area (Å²) in [7, 11) is 0. The molecular formula is C61H105N25O23. The number of carbonyl (C=O) groups is 20. The Morgan fingerprint density at radius 1 is 0.330 bits per heavy atom.